The van der Waals surface area contributed by atoms with Gasteiger partial charge >= 0.3 is 0 Å². The first kappa shape index (κ1) is 15.5. The second-order valence-corrected chi connectivity index (χ2v) is 6.48. The Morgan fingerprint density at radius 3 is 2.70 bits per heavy atom. The molecule has 0 aliphatic carbocycles. The van der Waals surface area contributed by atoms with Crippen LogP contribution in [-0.2, 0) is 6.42 Å². The van der Waals surface area contributed by atoms with E-state index < -0.39 is 0 Å². The first-order valence-electron chi connectivity index (χ1n) is 7.32. The number of aromatic nitrogens is 1. The molecule has 0 radical (unpaired) electrons. The van der Waals surface area contributed by atoms with Crippen LogP contribution in [0.15, 0.2) is 48.5 Å². The Morgan fingerprint density at radius 2 is 1.96 bits per heavy atom. The number of thiazole rings is 1. The van der Waals surface area contributed by atoms with E-state index >= 15 is 0 Å². The van der Waals surface area contributed by atoms with Gasteiger partial charge in [-0.25, -0.2) is 9.37 Å². The predicted molar refractivity (Wildman–Crippen MR) is 92.3 cm³/mol. The molecule has 0 atom stereocenters. The molecule has 0 spiro atoms. The third-order valence-corrected chi connectivity index (χ3v) is 4.43. The molecule has 0 bridgehead atoms. The zero-order valence-electron chi connectivity index (χ0n) is 12.8. The van der Waals surface area contributed by atoms with Crippen LogP contribution in [0.2, 0.25) is 0 Å². The fraction of sp³-hybridized carbons (Fsp3) is 0.167. The molecule has 3 aromatic rings. The second-order valence-electron chi connectivity index (χ2n) is 5.19. The summed E-state index contributed by atoms with van der Waals surface area (Å²) in [5.41, 5.74) is 8.25. The highest BCUT2D eigenvalue weighted by Crippen LogP contribution is 2.28. The van der Waals surface area contributed by atoms with E-state index in [9.17, 15) is 4.39 Å². The average Bonchev–Trinajstić information content (AvgIpc) is 2.89. The fourth-order valence-corrected chi connectivity index (χ4v) is 3.23. The Balaban J connectivity index is 1.65. The molecule has 0 amide bonds. The van der Waals surface area contributed by atoms with Gasteiger partial charge in [-0.1, -0.05) is 6.07 Å². The van der Waals surface area contributed by atoms with E-state index in [1.54, 1.807) is 29.5 Å². The lowest BCUT2D eigenvalue weighted by Crippen LogP contribution is -2.01. The molecule has 3 rings (SSSR count). The maximum Gasteiger partial charge on any atom is 0.123 e. The molecule has 0 saturated carbocycles. The van der Waals surface area contributed by atoms with E-state index in [4.69, 9.17) is 10.5 Å². The molecule has 118 valence electrons. The number of anilines is 1. The smallest absolute Gasteiger partial charge is 0.123 e. The molecule has 0 saturated heterocycles. The Labute approximate surface area is 138 Å². The fourth-order valence-electron chi connectivity index (χ4n) is 2.29. The molecule has 1 aromatic heterocycles. The van der Waals surface area contributed by atoms with E-state index in [1.165, 1.54) is 12.1 Å². The number of halogens is 1. The summed E-state index contributed by atoms with van der Waals surface area (Å²) >= 11 is 1.64. The van der Waals surface area contributed by atoms with Crippen LogP contribution >= 0.6 is 11.3 Å². The zero-order valence-corrected chi connectivity index (χ0v) is 13.6. The Bertz CT molecular complexity index is 799. The summed E-state index contributed by atoms with van der Waals surface area (Å²) in [4.78, 5) is 5.77. The van der Waals surface area contributed by atoms with Crippen LogP contribution in [-0.4, -0.2) is 11.6 Å². The molecule has 2 N–H and O–H groups in total. The quantitative estimate of drug-likeness (QED) is 0.703. The summed E-state index contributed by atoms with van der Waals surface area (Å²) in [6.45, 7) is 2.57. The van der Waals surface area contributed by atoms with E-state index in [0.29, 0.717) is 12.3 Å². The van der Waals surface area contributed by atoms with Crippen molar-refractivity contribution < 1.29 is 9.13 Å². The minimum absolute atomic E-state index is 0.239. The van der Waals surface area contributed by atoms with Gasteiger partial charge < -0.3 is 10.5 Å². The normalized spacial score (nSPS) is 10.7. The van der Waals surface area contributed by atoms with Crippen molar-refractivity contribution in [3.05, 3.63) is 64.2 Å². The highest BCUT2D eigenvalue weighted by atomic mass is 32.1. The van der Waals surface area contributed by atoms with Gasteiger partial charge in [0.15, 0.2) is 0 Å². The van der Waals surface area contributed by atoms with Gasteiger partial charge in [0, 0.05) is 28.6 Å². The van der Waals surface area contributed by atoms with Crippen LogP contribution in [0.3, 0.4) is 0 Å². The number of nitrogens with zero attached hydrogens (tertiary/aromatic N) is 1. The van der Waals surface area contributed by atoms with Crippen LogP contribution in [0.5, 0.6) is 5.75 Å². The van der Waals surface area contributed by atoms with E-state index in [1.807, 2.05) is 25.1 Å². The summed E-state index contributed by atoms with van der Waals surface area (Å²) in [5, 5.41) is 1.01. The summed E-state index contributed by atoms with van der Waals surface area (Å²) in [7, 11) is 0. The van der Waals surface area contributed by atoms with Crippen molar-refractivity contribution in [3.63, 3.8) is 0 Å². The molecule has 0 aliphatic heterocycles. The third-order valence-electron chi connectivity index (χ3n) is 3.40. The van der Waals surface area contributed by atoms with Gasteiger partial charge in [-0.05, 0) is 43.3 Å². The van der Waals surface area contributed by atoms with Crippen LogP contribution in [0.25, 0.3) is 11.3 Å². The van der Waals surface area contributed by atoms with E-state index in [2.05, 4.69) is 4.98 Å². The lowest BCUT2D eigenvalue weighted by Gasteiger charge is -2.05. The Kier molecular flexibility index (Phi) is 4.57. The van der Waals surface area contributed by atoms with Crippen LogP contribution in [0.4, 0.5) is 10.1 Å². The summed E-state index contributed by atoms with van der Waals surface area (Å²) < 4.78 is 18.7. The van der Waals surface area contributed by atoms with E-state index in [0.717, 1.165) is 33.3 Å². The van der Waals surface area contributed by atoms with Crippen molar-refractivity contribution in [2.75, 3.05) is 12.3 Å². The Morgan fingerprint density at radius 1 is 1.17 bits per heavy atom. The number of ether oxygens (including phenoxy) is 1. The molecule has 0 fully saturated rings. The number of nitrogens with two attached hydrogens (primary N) is 1. The maximum absolute atomic E-state index is 13.0. The first-order chi connectivity index (χ1) is 11.1. The van der Waals surface area contributed by atoms with Crippen molar-refractivity contribution in [1.29, 1.82) is 0 Å². The third kappa shape index (κ3) is 3.87. The minimum atomic E-state index is -0.239. The molecular formula is C18H17FN2OS. The second kappa shape index (κ2) is 6.79. The van der Waals surface area contributed by atoms with Gasteiger partial charge in [0.05, 0.1) is 17.3 Å². The van der Waals surface area contributed by atoms with Gasteiger partial charge in [-0.3, -0.25) is 0 Å². The predicted octanol–water partition coefficient (Wildman–Crippen LogP) is 4.46. The van der Waals surface area contributed by atoms with Gasteiger partial charge in [-0.2, -0.15) is 0 Å². The summed E-state index contributed by atoms with van der Waals surface area (Å²) in [6.07, 6.45) is 0.724. The molecule has 1 heterocycles. The molecule has 3 nitrogen and oxygen atoms in total. The van der Waals surface area contributed by atoms with Crippen LogP contribution in [0.1, 0.15) is 9.88 Å². The van der Waals surface area contributed by atoms with Gasteiger partial charge in [-0.15, -0.1) is 11.3 Å². The molecule has 0 aliphatic rings. The van der Waals surface area contributed by atoms with E-state index in [-0.39, 0.29) is 5.82 Å². The minimum Gasteiger partial charge on any atom is -0.493 e. The zero-order chi connectivity index (χ0) is 16.2. The van der Waals surface area contributed by atoms with Crippen molar-refractivity contribution in [2.24, 2.45) is 0 Å². The molecular weight excluding hydrogens is 311 g/mol. The lowest BCUT2D eigenvalue weighted by atomic mass is 10.1. The lowest BCUT2D eigenvalue weighted by molar-refractivity contribution is 0.322. The summed E-state index contributed by atoms with van der Waals surface area (Å²) in [6, 6.07) is 13.8. The highest BCUT2D eigenvalue weighted by Gasteiger charge is 2.10. The van der Waals surface area contributed by atoms with Crippen molar-refractivity contribution in [2.45, 2.75) is 13.3 Å². The van der Waals surface area contributed by atoms with Gasteiger partial charge in [0.25, 0.3) is 0 Å². The Hall–Kier alpha value is -2.40. The van der Waals surface area contributed by atoms with Crippen molar-refractivity contribution in [3.8, 4) is 17.0 Å². The maximum atomic E-state index is 13.0. The van der Waals surface area contributed by atoms with Gasteiger partial charge in [0.2, 0.25) is 0 Å². The first-order valence-corrected chi connectivity index (χ1v) is 8.14. The number of nitrogen functional groups attached to an aromatic ring is 1. The topological polar surface area (TPSA) is 48.1 Å². The van der Waals surface area contributed by atoms with Gasteiger partial charge in [0.1, 0.15) is 11.6 Å². The molecule has 2 aromatic carbocycles. The summed E-state index contributed by atoms with van der Waals surface area (Å²) in [5.74, 6) is 0.523. The molecule has 23 heavy (non-hydrogen) atoms. The highest BCUT2D eigenvalue weighted by molar-refractivity contribution is 7.12. The largest absolute Gasteiger partial charge is 0.493 e. The van der Waals surface area contributed by atoms with Crippen molar-refractivity contribution in [1.82, 2.24) is 4.98 Å². The molecule has 0 unspecified atom stereocenters. The monoisotopic (exact) mass is 328 g/mol. The molecule has 5 heteroatoms. The number of benzene rings is 2. The van der Waals surface area contributed by atoms with Crippen LogP contribution in [0, 0.1) is 12.7 Å². The number of rotatable bonds is 5. The van der Waals surface area contributed by atoms with Crippen molar-refractivity contribution >= 4 is 17.0 Å². The number of hydrogen-bond donors (Lipinski definition) is 1. The SMILES string of the molecule is Cc1sc(CCOc2cccc(N)c2)nc1-c1ccc(F)cc1. The average molecular weight is 328 g/mol. The van der Waals surface area contributed by atoms with Crippen LogP contribution < -0.4 is 10.5 Å². The standard InChI is InChI=1S/C18H17FN2OS/c1-12-18(13-5-7-14(19)8-6-13)21-17(23-12)9-10-22-16-4-2-3-15(20)11-16/h2-8,11H,9-10,20H2,1H3. The number of aryl methyl sites for hydroxylation is 1. The number of hydrogen-bond acceptors (Lipinski definition) is 4.